The Morgan fingerprint density at radius 3 is 2.51 bits per heavy atom. The number of ether oxygens (including phenoxy) is 1. The molecule has 7 heteroatoms. The number of unbranched alkanes of at least 4 members (excludes halogenated alkanes) is 1. The van der Waals surface area contributed by atoms with Crippen LogP contribution in [0.3, 0.4) is 0 Å². The minimum Gasteiger partial charge on any atom is -0.504 e. The summed E-state index contributed by atoms with van der Waals surface area (Å²) in [5.74, 6) is 2.99. The molecular formula is C30H45N3O4. The van der Waals surface area contributed by atoms with Crippen LogP contribution in [0.2, 0.25) is 0 Å². The van der Waals surface area contributed by atoms with Crippen molar-refractivity contribution in [3.63, 3.8) is 0 Å². The van der Waals surface area contributed by atoms with Gasteiger partial charge >= 0.3 is 0 Å². The molecule has 3 atom stereocenters. The largest absolute Gasteiger partial charge is 0.504 e. The highest BCUT2D eigenvalue weighted by Gasteiger charge is 2.19. The van der Waals surface area contributed by atoms with Gasteiger partial charge in [0.2, 0.25) is 0 Å². The SMILES string of the molecule is CCCCc1ccc(CCc2ccc(O)c(OCCc3cc(C(C)C(CNC)NCC(C)O)c[nH]3)c2)o1. The van der Waals surface area contributed by atoms with Gasteiger partial charge in [-0.15, -0.1) is 0 Å². The quantitative estimate of drug-likeness (QED) is 0.180. The summed E-state index contributed by atoms with van der Waals surface area (Å²) in [6.45, 7) is 8.01. The molecule has 2 aromatic heterocycles. The smallest absolute Gasteiger partial charge is 0.161 e. The molecule has 3 aromatic rings. The average molecular weight is 512 g/mol. The van der Waals surface area contributed by atoms with Crippen LogP contribution < -0.4 is 15.4 Å². The van der Waals surface area contributed by atoms with Gasteiger partial charge in [0, 0.05) is 50.3 Å². The zero-order valence-corrected chi connectivity index (χ0v) is 22.8. The average Bonchev–Trinajstić information content (AvgIpc) is 3.55. The molecule has 3 unspecified atom stereocenters. The van der Waals surface area contributed by atoms with Gasteiger partial charge in [-0.25, -0.2) is 0 Å². The molecular weight excluding hydrogens is 466 g/mol. The number of nitrogens with one attached hydrogen (secondary N) is 3. The number of hydrogen-bond acceptors (Lipinski definition) is 6. The van der Waals surface area contributed by atoms with Gasteiger partial charge in [0.15, 0.2) is 11.5 Å². The standard InChI is InChI=1S/C30H45N3O4/c1-5-6-7-26-11-12-27(37-26)10-8-23-9-13-29(35)30(16-23)36-15-14-25-17-24(19-32-25)22(3)28(20-31-4)33-18-21(2)34/h9,11-13,16-17,19,21-22,28,31-35H,5-8,10,14-15,18,20H2,1-4H3. The Morgan fingerprint density at radius 1 is 1.00 bits per heavy atom. The first-order valence-electron chi connectivity index (χ1n) is 13.6. The van der Waals surface area contributed by atoms with Crippen molar-refractivity contribution in [3.8, 4) is 11.5 Å². The summed E-state index contributed by atoms with van der Waals surface area (Å²) in [7, 11) is 1.94. The first kappa shape index (κ1) is 28.8. The lowest BCUT2D eigenvalue weighted by molar-refractivity contribution is 0.183. The lowest BCUT2D eigenvalue weighted by Gasteiger charge is -2.25. The van der Waals surface area contributed by atoms with Crippen molar-refractivity contribution in [1.82, 2.24) is 15.6 Å². The first-order valence-corrected chi connectivity index (χ1v) is 13.6. The number of aryl methyl sites for hydroxylation is 3. The number of benzene rings is 1. The Hall–Kier alpha value is -2.74. The fourth-order valence-electron chi connectivity index (χ4n) is 4.48. The van der Waals surface area contributed by atoms with E-state index in [0.717, 1.165) is 61.4 Å². The number of likely N-dealkylation sites (N-methyl/N-ethyl adjacent to an activating group) is 1. The van der Waals surface area contributed by atoms with Gasteiger partial charge < -0.3 is 35.0 Å². The lowest BCUT2D eigenvalue weighted by atomic mass is 9.95. The monoisotopic (exact) mass is 511 g/mol. The number of hydrogen-bond donors (Lipinski definition) is 5. The molecule has 0 radical (unpaired) electrons. The third-order valence-corrected chi connectivity index (χ3v) is 6.80. The number of phenolic OH excluding ortho intramolecular Hbond substituents is 1. The molecule has 0 saturated heterocycles. The molecule has 0 spiro atoms. The van der Waals surface area contributed by atoms with Crippen LogP contribution in [0.1, 0.15) is 67.9 Å². The zero-order chi connectivity index (χ0) is 26.6. The minimum atomic E-state index is -0.381. The van der Waals surface area contributed by atoms with Gasteiger partial charge in [0.05, 0.1) is 12.7 Å². The molecule has 204 valence electrons. The van der Waals surface area contributed by atoms with Gasteiger partial charge in [-0.3, -0.25) is 0 Å². The highest BCUT2D eigenvalue weighted by Crippen LogP contribution is 2.28. The maximum Gasteiger partial charge on any atom is 0.161 e. The van der Waals surface area contributed by atoms with E-state index in [-0.39, 0.29) is 23.8 Å². The number of aromatic nitrogens is 1. The van der Waals surface area contributed by atoms with E-state index >= 15 is 0 Å². The van der Waals surface area contributed by atoms with Gasteiger partial charge in [-0.1, -0.05) is 26.3 Å². The number of aliphatic hydroxyl groups excluding tert-OH is 1. The van der Waals surface area contributed by atoms with Gasteiger partial charge in [-0.05, 0) is 74.2 Å². The topological polar surface area (TPSA) is 103 Å². The number of phenols is 1. The summed E-state index contributed by atoms with van der Waals surface area (Å²) >= 11 is 0. The molecule has 0 saturated carbocycles. The Labute approximate surface area is 221 Å². The third kappa shape index (κ3) is 9.26. The van der Waals surface area contributed by atoms with E-state index in [2.05, 4.69) is 47.7 Å². The number of furan rings is 1. The predicted molar refractivity (Wildman–Crippen MR) is 149 cm³/mol. The summed E-state index contributed by atoms with van der Waals surface area (Å²) in [6, 6.07) is 12.1. The Kier molecular flexibility index (Phi) is 11.6. The summed E-state index contributed by atoms with van der Waals surface area (Å²) < 4.78 is 11.9. The molecule has 0 aliphatic rings. The van der Waals surface area contributed by atoms with E-state index in [4.69, 9.17) is 9.15 Å². The maximum absolute atomic E-state index is 10.3. The molecule has 0 aliphatic heterocycles. The summed E-state index contributed by atoms with van der Waals surface area (Å²) in [6.07, 6.45) is 7.32. The molecule has 2 heterocycles. The number of rotatable bonds is 17. The van der Waals surface area contributed by atoms with E-state index in [9.17, 15) is 10.2 Å². The van der Waals surface area contributed by atoms with Crippen molar-refractivity contribution in [3.05, 3.63) is 70.9 Å². The van der Waals surface area contributed by atoms with Gasteiger partial charge in [0.1, 0.15) is 11.5 Å². The van der Waals surface area contributed by atoms with E-state index in [1.807, 2.05) is 25.4 Å². The van der Waals surface area contributed by atoms with Crippen molar-refractivity contribution >= 4 is 0 Å². The van der Waals surface area contributed by atoms with E-state index in [1.54, 1.807) is 13.0 Å². The van der Waals surface area contributed by atoms with E-state index in [0.29, 0.717) is 25.3 Å². The van der Waals surface area contributed by atoms with Crippen LogP contribution >= 0.6 is 0 Å². The normalized spacial score (nSPS) is 14.0. The van der Waals surface area contributed by atoms with E-state index < -0.39 is 0 Å². The highest BCUT2D eigenvalue weighted by molar-refractivity contribution is 5.42. The second-order valence-corrected chi connectivity index (χ2v) is 10.0. The minimum absolute atomic E-state index is 0.156. The van der Waals surface area contributed by atoms with Crippen LogP contribution in [0.25, 0.3) is 0 Å². The predicted octanol–water partition coefficient (Wildman–Crippen LogP) is 4.72. The Bertz CT molecular complexity index is 1060. The molecule has 0 aliphatic carbocycles. The van der Waals surface area contributed by atoms with Crippen LogP contribution in [0.5, 0.6) is 11.5 Å². The second kappa shape index (κ2) is 14.9. The number of H-pyrrole nitrogens is 1. The van der Waals surface area contributed by atoms with Gasteiger partial charge in [0.25, 0.3) is 0 Å². The second-order valence-electron chi connectivity index (χ2n) is 10.0. The van der Waals surface area contributed by atoms with E-state index in [1.165, 1.54) is 5.56 Å². The van der Waals surface area contributed by atoms with Crippen LogP contribution in [0.15, 0.2) is 47.0 Å². The van der Waals surface area contributed by atoms with Crippen LogP contribution in [-0.4, -0.2) is 54.1 Å². The van der Waals surface area contributed by atoms with Crippen LogP contribution in [0, 0.1) is 0 Å². The summed E-state index contributed by atoms with van der Waals surface area (Å²) in [4.78, 5) is 3.36. The Balaban J connectivity index is 1.50. The molecule has 7 nitrogen and oxygen atoms in total. The van der Waals surface area contributed by atoms with Crippen LogP contribution in [-0.2, 0) is 25.7 Å². The lowest BCUT2D eigenvalue weighted by Crippen LogP contribution is -2.43. The third-order valence-electron chi connectivity index (χ3n) is 6.80. The molecule has 0 bridgehead atoms. The van der Waals surface area contributed by atoms with Crippen molar-refractivity contribution in [2.45, 2.75) is 77.4 Å². The molecule has 0 fully saturated rings. The zero-order valence-electron chi connectivity index (χ0n) is 22.8. The number of aromatic hydroxyl groups is 1. The highest BCUT2D eigenvalue weighted by atomic mass is 16.5. The first-order chi connectivity index (χ1) is 17.9. The molecule has 3 rings (SSSR count). The number of aliphatic hydroxyl groups is 1. The van der Waals surface area contributed by atoms with Gasteiger partial charge in [-0.2, -0.15) is 0 Å². The molecule has 1 aromatic carbocycles. The van der Waals surface area contributed by atoms with Crippen molar-refractivity contribution in [1.29, 1.82) is 0 Å². The summed E-state index contributed by atoms with van der Waals surface area (Å²) in [5, 5.41) is 26.6. The number of aromatic amines is 1. The van der Waals surface area contributed by atoms with Crippen molar-refractivity contribution < 1.29 is 19.4 Å². The summed E-state index contributed by atoms with van der Waals surface area (Å²) in [5.41, 5.74) is 3.41. The molecule has 0 amide bonds. The molecule has 5 N–H and O–H groups in total. The fraction of sp³-hybridized carbons (Fsp3) is 0.533. The molecule has 37 heavy (non-hydrogen) atoms. The van der Waals surface area contributed by atoms with Crippen molar-refractivity contribution in [2.24, 2.45) is 0 Å². The Morgan fingerprint density at radius 2 is 1.78 bits per heavy atom. The fourth-order valence-corrected chi connectivity index (χ4v) is 4.48. The van der Waals surface area contributed by atoms with Crippen molar-refractivity contribution in [2.75, 3.05) is 26.7 Å². The maximum atomic E-state index is 10.3. The van der Waals surface area contributed by atoms with Crippen LogP contribution in [0.4, 0.5) is 0 Å².